The van der Waals surface area contributed by atoms with Crippen LogP contribution in [0.5, 0.6) is 0 Å². The molecule has 1 N–H and O–H groups in total. The molecular weight excluding hydrogens is 172 g/mol. The zero-order chi connectivity index (χ0) is 10.1. The maximum Gasteiger partial charge on any atom is 0.0685 e. The first-order valence-electron chi connectivity index (χ1n) is 5.40. The molecule has 1 aromatic rings. The van der Waals surface area contributed by atoms with Gasteiger partial charge in [0.05, 0.1) is 5.69 Å². The molecular formula is C12H18N2. The predicted octanol–water partition coefficient (Wildman–Crippen LogP) is 2.97. The summed E-state index contributed by atoms with van der Waals surface area (Å²) in [6, 6.07) is 0. The number of rotatable bonds is 1. The van der Waals surface area contributed by atoms with Crippen molar-refractivity contribution in [3.63, 3.8) is 0 Å². The van der Waals surface area contributed by atoms with Crippen molar-refractivity contribution in [2.45, 2.75) is 46.0 Å². The summed E-state index contributed by atoms with van der Waals surface area (Å²) in [4.78, 5) is 0. The SMILES string of the molecule is CC1=CCc2c(C(C)C)n[nH]c2CC1. The van der Waals surface area contributed by atoms with Crippen LogP contribution in [0.1, 0.15) is 50.1 Å². The smallest absolute Gasteiger partial charge is 0.0685 e. The first kappa shape index (κ1) is 9.50. The highest BCUT2D eigenvalue weighted by Gasteiger charge is 2.16. The Morgan fingerprint density at radius 3 is 2.86 bits per heavy atom. The van der Waals surface area contributed by atoms with E-state index in [1.807, 2.05) is 0 Å². The molecule has 0 saturated carbocycles. The number of H-pyrrole nitrogens is 1. The summed E-state index contributed by atoms with van der Waals surface area (Å²) in [5, 5.41) is 7.59. The van der Waals surface area contributed by atoms with Crippen LogP contribution in [0.15, 0.2) is 11.6 Å². The van der Waals surface area contributed by atoms with Gasteiger partial charge < -0.3 is 0 Å². The predicted molar refractivity (Wildman–Crippen MR) is 58.5 cm³/mol. The fourth-order valence-electron chi connectivity index (χ4n) is 2.03. The topological polar surface area (TPSA) is 28.7 Å². The van der Waals surface area contributed by atoms with Crippen molar-refractivity contribution in [1.29, 1.82) is 0 Å². The Balaban J connectivity index is 2.37. The summed E-state index contributed by atoms with van der Waals surface area (Å²) in [5.74, 6) is 0.529. The minimum atomic E-state index is 0.529. The fraction of sp³-hybridized carbons (Fsp3) is 0.583. The zero-order valence-electron chi connectivity index (χ0n) is 9.22. The Morgan fingerprint density at radius 2 is 2.14 bits per heavy atom. The summed E-state index contributed by atoms with van der Waals surface area (Å²) < 4.78 is 0. The van der Waals surface area contributed by atoms with Gasteiger partial charge >= 0.3 is 0 Å². The summed E-state index contributed by atoms with van der Waals surface area (Å²) in [6.07, 6.45) is 5.70. The van der Waals surface area contributed by atoms with Gasteiger partial charge in [0.25, 0.3) is 0 Å². The van der Waals surface area contributed by atoms with Crippen LogP contribution < -0.4 is 0 Å². The minimum Gasteiger partial charge on any atom is -0.282 e. The van der Waals surface area contributed by atoms with Crippen molar-refractivity contribution < 1.29 is 0 Å². The lowest BCUT2D eigenvalue weighted by Crippen LogP contribution is -1.94. The minimum absolute atomic E-state index is 0.529. The van der Waals surface area contributed by atoms with Gasteiger partial charge in [-0.3, -0.25) is 5.10 Å². The molecule has 0 aromatic carbocycles. The molecule has 2 rings (SSSR count). The number of aromatic amines is 1. The van der Waals surface area contributed by atoms with Crippen molar-refractivity contribution in [3.05, 3.63) is 28.6 Å². The van der Waals surface area contributed by atoms with Crippen molar-refractivity contribution in [2.24, 2.45) is 0 Å². The molecule has 0 radical (unpaired) electrons. The first-order chi connectivity index (χ1) is 6.68. The third kappa shape index (κ3) is 1.61. The van der Waals surface area contributed by atoms with Gasteiger partial charge in [-0.2, -0.15) is 5.10 Å². The van der Waals surface area contributed by atoms with Crippen molar-refractivity contribution in [3.8, 4) is 0 Å². The van der Waals surface area contributed by atoms with Crippen LogP contribution in [-0.4, -0.2) is 10.2 Å². The van der Waals surface area contributed by atoms with E-state index < -0.39 is 0 Å². The Hall–Kier alpha value is -1.05. The molecule has 0 bridgehead atoms. The molecule has 2 heteroatoms. The maximum atomic E-state index is 4.41. The number of hydrogen-bond donors (Lipinski definition) is 1. The van der Waals surface area contributed by atoms with Gasteiger partial charge in [-0.15, -0.1) is 0 Å². The molecule has 76 valence electrons. The average Bonchev–Trinajstić information content (AvgIpc) is 2.46. The molecule has 0 aliphatic heterocycles. The fourth-order valence-corrected chi connectivity index (χ4v) is 2.03. The van der Waals surface area contributed by atoms with Gasteiger partial charge in [0.2, 0.25) is 0 Å². The van der Waals surface area contributed by atoms with Crippen molar-refractivity contribution in [1.82, 2.24) is 10.2 Å². The average molecular weight is 190 g/mol. The van der Waals surface area contributed by atoms with E-state index in [1.165, 1.54) is 28.9 Å². The van der Waals surface area contributed by atoms with E-state index >= 15 is 0 Å². The number of nitrogens with zero attached hydrogens (tertiary/aromatic N) is 1. The molecule has 1 heterocycles. The summed E-state index contributed by atoms with van der Waals surface area (Å²) in [5.41, 5.74) is 5.55. The van der Waals surface area contributed by atoms with Crippen molar-refractivity contribution in [2.75, 3.05) is 0 Å². The van der Waals surface area contributed by atoms with Crippen LogP contribution in [0.3, 0.4) is 0 Å². The van der Waals surface area contributed by atoms with Crippen LogP contribution in [0, 0.1) is 0 Å². The van der Waals surface area contributed by atoms with E-state index in [1.54, 1.807) is 0 Å². The van der Waals surface area contributed by atoms with Crippen LogP contribution in [0.4, 0.5) is 0 Å². The summed E-state index contributed by atoms with van der Waals surface area (Å²) in [6.45, 7) is 6.63. The summed E-state index contributed by atoms with van der Waals surface area (Å²) in [7, 11) is 0. The molecule has 0 spiro atoms. The molecule has 0 atom stereocenters. The third-order valence-corrected chi connectivity index (χ3v) is 2.96. The zero-order valence-corrected chi connectivity index (χ0v) is 9.22. The number of hydrogen-bond acceptors (Lipinski definition) is 1. The number of aromatic nitrogens is 2. The van der Waals surface area contributed by atoms with E-state index in [0.717, 1.165) is 12.8 Å². The molecule has 0 unspecified atom stereocenters. The lowest BCUT2D eigenvalue weighted by molar-refractivity contribution is 0.797. The molecule has 0 amide bonds. The Morgan fingerprint density at radius 1 is 1.36 bits per heavy atom. The largest absolute Gasteiger partial charge is 0.282 e. The molecule has 14 heavy (non-hydrogen) atoms. The van der Waals surface area contributed by atoms with Gasteiger partial charge in [-0.05, 0) is 32.1 Å². The monoisotopic (exact) mass is 190 g/mol. The van der Waals surface area contributed by atoms with Gasteiger partial charge in [0.1, 0.15) is 0 Å². The lowest BCUT2D eigenvalue weighted by atomic mass is 10.0. The molecule has 2 nitrogen and oxygen atoms in total. The standard InChI is InChI=1S/C12H18N2/c1-8(2)12-10-6-4-9(3)5-7-11(10)13-14-12/h4,8H,5-7H2,1-3H3,(H,13,14). The van der Waals surface area contributed by atoms with Gasteiger partial charge in [-0.1, -0.05) is 25.5 Å². The quantitative estimate of drug-likeness (QED) is 0.678. The Kier molecular flexibility index (Phi) is 2.44. The van der Waals surface area contributed by atoms with E-state index in [4.69, 9.17) is 0 Å². The second-order valence-electron chi connectivity index (χ2n) is 4.48. The normalized spacial score (nSPS) is 16.4. The lowest BCUT2D eigenvalue weighted by Gasteiger charge is -2.03. The number of allylic oxidation sites excluding steroid dienone is 2. The van der Waals surface area contributed by atoms with E-state index in [0.29, 0.717) is 5.92 Å². The van der Waals surface area contributed by atoms with Gasteiger partial charge in [0, 0.05) is 11.3 Å². The molecule has 1 aliphatic carbocycles. The second kappa shape index (κ2) is 3.60. The van der Waals surface area contributed by atoms with Crippen LogP contribution >= 0.6 is 0 Å². The highest BCUT2D eigenvalue weighted by atomic mass is 15.1. The number of fused-ring (bicyclic) bond motifs is 1. The Bertz CT molecular complexity index is 358. The Labute approximate surface area is 85.4 Å². The van der Waals surface area contributed by atoms with Crippen LogP contribution in [0.25, 0.3) is 0 Å². The van der Waals surface area contributed by atoms with E-state index in [9.17, 15) is 0 Å². The number of aryl methyl sites for hydroxylation is 1. The molecule has 0 saturated heterocycles. The number of nitrogens with one attached hydrogen (secondary N) is 1. The van der Waals surface area contributed by atoms with E-state index in [2.05, 4.69) is 37.0 Å². The third-order valence-electron chi connectivity index (χ3n) is 2.96. The van der Waals surface area contributed by atoms with Crippen LogP contribution in [0.2, 0.25) is 0 Å². The first-order valence-corrected chi connectivity index (χ1v) is 5.40. The van der Waals surface area contributed by atoms with E-state index in [-0.39, 0.29) is 0 Å². The summed E-state index contributed by atoms with van der Waals surface area (Å²) >= 11 is 0. The molecule has 1 aromatic heterocycles. The maximum absolute atomic E-state index is 4.41. The molecule has 1 aliphatic rings. The van der Waals surface area contributed by atoms with Gasteiger partial charge in [-0.25, -0.2) is 0 Å². The van der Waals surface area contributed by atoms with Gasteiger partial charge in [0.15, 0.2) is 0 Å². The highest BCUT2D eigenvalue weighted by molar-refractivity contribution is 5.32. The van der Waals surface area contributed by atoms with Crippen molar-refractivity contribution >= 4 is 0 Å². The highest BCUT2D eigenvalue weighted by Crippen LogP contribution is 2.25. The second-order valence-corrected chi connectivity index (χ2v) is 4.48. The molecule has 0 fully saturated rings. The van der Waals surface area contributed by atoms with Crippen LogP contribution in [-0.2, 0) is 12.8 Å².